The Kier molecular flexibility index (Phi) is 2.72. The van der Waals surface area contributed by atoms with E-state index in [0.717, 1.165) is 0 Å². The SMILES string of the molecule is COc1c([N+](=O)[O-])c(C(C)O)cc2ccoc12. The molecule has 0 saturated heterocycles. The van der Waals surface area contributed by atoms with Crippen molar-refractivity contribution in [1.29, 1.82) is 0 Å². The molecule has 0 spiro atoms. The van der Waals surface area contributed by atoms with Crippen LogP contribution >= 0.6 is 0 Å². The third kappa shape index (κ3) is 1.72. The van der Waals surface area contributed by atoms with E-state index in [0.29, 0.717) is 11.0 Å². The fourth-order valence-electron chi connectivity index (χ4n) is 1.79. The molecule has 1 heterocycles. The van der Waals surface area contributed by atoms with Gasteiger partial charge in [-0.1, -0.05) is 0 Å². The summed E-state index contributed by atoms with van der Waals surface area (Å²) in [5.74, 6) is 0.0356. The number of benzene rings is 1. The van der Waals surface area contributed by atoms with Crippen LogP contribution in [0.3, 0.4) is 0 Å². The summed E-state index contributed by atoms with van der Waals surface area (Å²) in [4.78, 5) is 10.5. The van der Waals surface area contributed by atoms with Gasteiger partial charge in [-0.25, -0.2) is 0 Å². The van der Waals surface area contributed by atoms with Crippen molar-refractivity contribution in [3.05, 3.63) is 34.1 Å². The quantitative estimate of drug-likeness (QED) is 0.654. The van der Waals surface area contributed by atoms with Crippen molar-refractivity contribution in [2.45, 2.75) is 13.0 Å². The van der Waals surface area contributed by atoms with E-state index in [1.54, 1.807) is 6.07 Å². The maximum absolute atomic E-state index is 11.0. The first kappa shape index (κ1) is 11.4. The number of rotatable bonds is 3. The Morgan fingerprint density at radius 1 is 1.59 bits per heavy atom. The minimum atomic E-state index is -0.955. The number of aliphatic hydroxyl groups is 1. The lowest BCUT2D eigenvalue weighted by molar-refractivity contribution is -0.386. The van der Waals surface area contributed by atoms with Gasteiger partial charge in [0, 0.05) is 5.39 Å². The van der Waals surface area contributed by atoms with Crippen molar-refractivity contribution < 1.29 is 19.2 Å². The van der Waals surface area contributed by atoms with Crippen LogP contribution in [0.15, 0.2) is 22.8 Å². The van der Waals surface area contributed by atoms with Gasteiger partial charge in [0.25, 0.3) is 0 Å². The van der Waals surface area contributed by atoms with Crippen molar-refractivity contribution >= 4 is 16.7 Å². The standard InChI is InChI=1S/C11H11NO5/c1-6(13)8-5-7-3-4-17-10(7)11(16-2)9(8)12(14)15/h3-6,13H,1-2H3. The molecule has 2 rings (SSSR count). The Labute approximate surface area is 96.6 Å². The Bertz CT molecular complexity index is 572. The van der Waals surface area contributed by atoms with Crippen LogP contribution in [0.5, 0.6) is 5.75 Å². The van der Waals surface area contributed by atoms with Gasteiger partial charge in [0.1, 0.15) is 0 Å². The number of hydrogen-bond donors (Lipinski definition) is 1. The van der Waals surface area contributed by atoms with Gasteiger partial charge < -0.3 is 14.3 Å². The van der Waals surface area contributed by atoms with Crippen molar-refractivity contribution in [3.8, 4) is 5.75 Å². The Balaban J connectivity index is 2.87. The van der Waals surface area contributed by atoms with Crippen LogP contribution in [0.2, 0.25) is 0 Å². The van der Waals surface area contributed by atoms with E-state index < -0.39 is 11.0 Å². The van der Waals surface area contributed by atoms with Crippen LogP contribution in [-0.4, -0.2) is 17.1 Å². The van der Waals surface area contributed by atoms with Crippen molar-refractivity contribution in [1.82, 2.24) is 0 Å². The third-order valence-electron chi connectivity index (χ3n) is 2.54. The van der Waals surface area contributed by atoms with E-state index in [1.807, 2.05) is 0 Å². The Morgan fingerprint density at radius 2 is 2.29 bits per heavy atom. The lowest BCUT2D eigenvalue weighted by atomic mass is 10.0. The summed E-state index contributed by atoms with van der Waals surface area (Å²) in [6.07, 6.45) is 0.464. The van der Waals surface area contributed by atoms with Crippen molar-refractivity contribution in [2.75, 3.05) is 7.11 Å². The number of nitro benzene ring substituents is 1. The smallest absolute Gasteiger partial charge is 0.320 e. The first-order chi connectivity index (χ1) is 8.06. The summed E-state index contributed by atoms with van der Waals surface area (Å²) in [5.41, 5.74) is 0.259. The summed E-state index contributed by atoms with van der Waals surface area (Å²) < 4.78 is 10.2. The van der Waals surface area contributed by atoms with Gasteiger partial charge in [-0.3, -0.25) is 10.1 Å². The highest BCUT2D eigenvalue weighted by Crippen LogP contribution is 2.41. The molecule has 1 unspecified atom stereocenters. The summed E-state index contributed by atoms with van der Waals surface area (Å²) in [6, 6.07) is 3.19. The van der Waals surface area contributed by atoms with E-state index in [1.165, 1.54) is 26.4 Å². The van der Waals surface area contributed by atoms with Crippen LogP contribution < -0.4 is 4.74 Å². The molecule has 0 bridgehead atoms. The number of aliphatic hydroxyl groups excluding tert-OH is 1. The molecule has 17 heavy (non-hydrogen) atoms. The molecular weight excluding hydrogens is 226 g/mol. The van der Waals surface area contributed by atoms with Gasteiger partial charge in [-0.05, 0) is 19.1 Å². The van der Waals surface area contributed by atoms with Gasteiger partial charge in [0.05, 0.1) is 30.0 Å². The van der Waals surface area contributed by atoms with Gasteiger partial charge in [0.15, 0.2) is 5.58 Å². The lowest BCUT2D eigenvalue weighted by Gasteiger charge is -2.09. The van der Waals surface area contributed by atoms with Crippen LogP contribution in [0, 0.1) is 10.1 Å². The predicted octanol–water partition coefficient (Wildman–Crippen LogP) is 2.40. The average molecular weight is 237 g/mol. The number of methoxy groups -OCH3 is 1. The summed E-state index contributed by atoms with van der Waals surface area (Å²) in [6.45, 7) is 1.47. The second kappa shape index (κ2) is 4.06. The maximum atomic E-state index is 11.0. The molecule has 0 saturated carbocycles. The fourth-order valence-corrected chi connectivity index (χ4v) is 1.79. The summed E-state index contributed by atoms with van der Waals surface area (Å²) in [7, 11) is 1.33. The zero-order valence-corrected chi connectivity index (χ0v) is 9.34. The summed E-state index contributed by atoms with van der Waals surface area (Å²) >= 11 is 0. The molecule has 1 N–H and O–H groups in total. The van der Waals surface area contributed by atoms with E-state index >= 15 is 0 Å². The molecule has 1 aromatic heterocycles. The van der Waals surface area contributed by atoms with Crippen LogP contribution in [0.4, 0.5) is 5.69 Å². The molecule has 0 amide bonds. The number of nitrogens with zero attached hydrogens (tertiary/aromatic N) is 1. The maximum Gasteiger partial charge on any atom is 0.320 e. The molecule has 1 aromatic carbocycles. The average Bonchev–Trinajstić information content (AvgIpc) is 2.73. The molecule has 0 aliphatic heterocycles. The lowest BCUT2D eigenvalue weighted by Crippen LogP contribution is -2.02. The van der Waals surface area contributed by atoms with Crippen molar-refractivity contribution in [3.63, 3.8) is 0 Å². The van der Waals surface area contributed by atoms with E-state index in [4.69, 9.17) is 9.15 Å². The number of ether oxygens (including phenoxy) is 1. The van der Waals surface area contributed by atoms with Crippen LogP contribution in [0.1, 0.15) is 18.6 Å². The molecule has 0 radical (unpaired) electrons. The molecule has 0 aliphatic carbocycles. The van der Waals surface area contributed by atoms with Gasteiger partial charge >= 0.3 is 5.69 Å². The van der Waals surface area contributed by atoms with E-state index in [2.05, 4.69) is 0 Å². The van der Waals surface area contributed by atoms with E-state index in [-0.39, 0.29) is 17.0 Å². The normalized spacial score (nSPS) is 12.6. The molecular formula is C11H11NO5. The molecule has 6 heteroatoms. The van der Waals surface area contributed by atoms with Crippen LogP contribution in [0.25, 0.3) is 11.0 Å². The van der Waals surface area contributed by atoms with Gasteiger partial charge in [0.2, 0.25) is 5.75 Å². The Hall–Kier alpha value is -2.08. The number of fused-ring (bicyclic) bond motifs is 1. The van der Waals surface area contributed by atoms with Gasteiger partial charge in [-0.15, -0.1) is 0 Å². The van der Waals surface area contributed by atoms with Crippen molar-refractivity contribution in [2.24, 2.45) is 0 Å². The largest absolute Gasteiger partial charge is 0.488 e. The minimum absolute atomic E-state index is 0.0356. The molecule has 2 aromatic rings. The first-order valence-electron chi connectivity index (χ1n) is 4.96. The zero-order valence-electron chi connectivity index (χ0n) is 9.34. The number of nitro groups is 1. The van der Waals surface area contributed by atoms with Gasteiger partial charge in [-0.2, -0.15) is 0 Å². The van der Waals surface area contributed by atoms with E-state index in [9.17, 15) is 15.2 Å². The topological polar surface area (TPSA) is 85.7 Å². The molecule has 90 valence electrons. The highest BCUT2D eigenvalue weighted by molar-refractivity contribution is 5.89. The summed E-state index contributed by atoms with van der Waals surface area (Å²) in [5, 5.41) is 21.3. The first-order valence-corrected chi connectivity index (χ1v) is 4.96. The molecule has 0 fully saturated rings. The second-order valence-electron chi connectivity index (χ2n) is 3.62. The predicted molar refractivity (Wildman–Crippen MR) is 60.1 cm³/mol. The Morgan fingerprint density at radius 3 is 2.82 bits per heavy atom. The zero-order chi connectivity index (χ0) is 12.6. The highest BCUT2D eigenvalue weighted by Gasteiger charge is 2.27. The highest BCUT2D eigenvalue weighted by atomic mass is 16.6. The third-order valence-corrected chi connectivity index (χ3v) is 2.54. The molecule has 1 atom stereocenters. The fraction of sp³-hybridized carbons (Fsp3) is 0.273. The molecule has 6 nitrogen and oxygen atoms in total. The molecule has 0 aliphatic rings. The number of furan rings is 1. The van der Waals surface area contributed by atoms with Crippen LogP contribution in [-0.2, 0) is 0 Å². The monoisotopic (exact) mass is 237 g/mol. The second-order valence-corrected chi connectivity index (χ2v) is 3.62. The number of hydrogen-bond acceptors (Lipinski definition) is 5. The minimum Gasteiger partial charge on any atom is -0.488 e.